The van der Waals surface area contributed by atoms with Crippen LogP contribution in [0.15, 0.2) is 24.3 Å². The van der Waals surface area contributed by atoms with Gasteiger partial charge in [0.15, 0.2) is 0 Å². The molecule has 6 heteroatoms. The maximum atomic E-state index is 11.2. The summed E-state index contributed by atoms with van der Waals surface area (Å²) in [5, 5.41) is 12.8. The average molecular weight is 282 g/mol. The van der Waals surface area contributed by atoms with Gasteiger partial charge in [-0.05, 0) is 17.7 Å². The minimum atomic E-state index is -0.0517. The standard InChI is InChI=1S/C12H12ClN3OS/c1-2-10(17)14-12-16-15-11(18-12)7-8-3-5-9(13)6-4-8/h3-6H,2,7H2,1H3,(H,14,16,17). The normalized spacial score (nSPS) is 10.3. The Bertz CT molecular complexity index is 539. The van der Waals surface area contributed by atoms with Crippen molar-refractivity contribution in [1.82, 2.24) is 10.2 Å². The van der Waals surface area contributed by atoms with Gasteiger partial charge in [0.05, 0.1) is 0 Å². The number of benzene rings is 1. The lowest BCUT2D eigenvalue weighted by Gasteiger charge is -1.97. The number of carbonyl (C=O) groups is 1. The molecular formula is C12H12ClN3OS. The van der Waals surface area contributed by atoms with Crippen molar-refractivity contribution in [3.63, 3.8) is 0 Å². The molecule has 0 aliphatic heterocycles. The van der Waals surface area contributed by atoms with Gasteiger partial charge in [0, 0.05) is 17.9 Å². The van der Waals surface area contributed by atoms with Crippen LogP contribution in [-0.4, -0.2) is 16.1 Å². The fourth-order valence-corrected chi connectivity index (χ4v) is 2.28. The topological polar surface area (TPSA) is 54.9 Å². The summed E-state index contributed by atoms with van der Waals surface area (Å²) in [5.74, 6) is -0.0517. The summed E-state index contributed by atoms with van der Waals surface area (Å²) in [4.78, 5) is 11.2. The van der Waals surface area contributed by atoms with Gasteiger partial charge in [-0.25, -0.2) is 0 Å². The Morgan fingerprint density at radius 1 is 1.33 bits per heavy atom. The van der Waals surface area contributed by atoms with Crippen molar-refractivity contribution < 1.29 is 4.79 Å². The summed E-state index contributed by atoms with van der Waals surface area (Å²) < 4.78 is 0. The first-order valence-corrected chi connectivity index (χ1v) is 6.73. The van der Waals surface area contributed by atoms with Crippen LogP contribution in [0.4, 0.5) is 5.13 Å². The number of hydrogen-bond donors (Lipinski definition) is 1. The van der Waals surface area contributed by atoms with E-state index in [1.165, 1.54) is 11.3 Å². The van der Waals surface area contributed by atoms with Crippen LogP contribution in [-0.2, 0) is 11.2 Å². The van der Waals surface area contributed by atoms with E-state index in [0.29, 0.717) is 23.0 Å². The third-order valence-corrected chi connectivity index (χ3v) is 3.39. The number of hydrogen-bond acceptors (Lipinski definition) is 4. The Morgan fingerprint density at radius 3 is 2.72 bits per heavy atom. The number of anilines is 1. The van der Waals surface area contributed by atoms with E-state index in [0.717, 1.165) is 10.6 Å². The Hall–Kier alpha value is -1.46. The molecule has 0 bridgehead atoms. The van der Waals surface area contributed by atoms with Gasteiger partial charge < -0.3 is 5.32 Å². The minimum Gasteiger partial charge on any atom is -0.301 e. The van der Waals surface area contributed by atoms with Crippen molar-refractivity contribution in [1.29, 1.82) is 0 Å². The highest BCUT2D eigenvalue weighted by Crippen LogP contribution is 2.19. The molecule has 1 amide bonds. The largest absolute Gasteiger partial charge is 0.301 e. The summed E-state index contributed by atoms with van der Waals surface area (Å²) in [6.07, 6.45) is 1.13. The van der Waals surface area contributed by atoms with E-state index < -0.39 is 0 Å². The average Bonchev–Trinajstić information content (AvgIpc) is 2.79. The van der Waals surface area contributed by atoms with E-state index in [4.69, 9.17) is 11.6 Å². The Kier molecular flexibility index (Phi) is 4.28. The molecule has 0 atom stereocenters. The number of amides is 1. The molecule has 1 aromatic carbocycles. The molecule has 1 heterocycles. The SMILES string of the molecule is CCC(=O)Nc1nnc(Cc2ccc(Cl)cc2)s1. The number of halogens is 1. The second-order valence-electron chi connectivity index (χ2n) is 3.71. The van der Waals surface area contributed by atoms with Crippen molar-refractivity contribution in [2.45, 2.75) is 19.8 Å². The molecule has 2 aromatic rings. The van der Waals surface area contributed by atoms with Crippen molar-refractivity contribution in [2.24, 2.45) is 0 Å². The molecule has 0 radical (unpaired) electrons. The summed E-state index contributed by atoms with van der Waals surface area (Å²) in [6, 6.07) is 7.59. The predicted molar refractivity (Wildman–Crippen MR) is 73.1 cm³/mol. The monoisotopic (exact) mass is 281 g/mol. The zero-order chi connectivity index (χ0) is 13.0. The van der Waals surface area contributed by atoms with Gasteiger partial charge in [-0.3, -0.25) is 4.79 Å². The van der Waals surface area contributed by atoms with E-state index in [1.807, 2.05) is 24.3 Å². The molecule has 2 rings (SSSR count). The van der Waals surface area contributed by atoms with Crippen LogP contribution < -0.4 is 5.32 Å². The molecule has 4 nitrogen and oxygen atoms in total. The van der Waals surface area contributed by atoms with Crippen molar-refractivity contribution in [3.05, 3.63) is 39.9 Å². The van der Waals surface area contributed by atoms with Crippen molar-refractivity contribution >= 4 is 34.0 Å². The Morgan fingerprint density at radius 2 is 2.06 bits per heavy atom. The maximum Gasteiger partial charge on any atom is 0.225 e. The van der Waals surface area contributed by atoms with Gasteiger partial charge in [-0.2, -0.15) is 0 Å². The van der Waals surface area contributed by atoms with E-state index >= 15 is 0 Å². The highest BCUT2D eigenvalue weighted by Gasteiger charge is 2.07. The van der Waals surface area contributed by atoms with E-state index in [-0.39, 0.29) is 5.91 Å². The summed E-state index contributed by atoms with van der Waals surface area (Å²) >= 11 is 7.21. The van der Waals surface area contributed by atoms with Crippen LogP contribution in [0.1, 0.15) is 23.9 Å². The van der Waals surface area contributed by atoms with E-state index in [9.17, 15) is 4.79 Å². The third-order valence-electron chi connectivity index (χ3n) is 2.30. The number of nitrogens with zero attached hydrogens (tertiary/aromatic N) is 2. The second-order valence-corrected chi connectivity index (χ2v) is 5.20. The highest BCUT2D eigenvalue weighted by molar-refractivity contribution is 7.15. The smallest absolute Gasteiger partial charge is 0.225 e. The molecule has 0 fully saturated rings. The molecule has 0 saturated heterocycles. The van der Waals surface area contributed by atoms with Crippen molar-refractivity contribution in [3.8, 4) is 0 Å². The zero-order valence-electron chi connectivity index (χ0n) is 9.81. The molecule has 0 saturated carbocycles. The van der Waals surface area contributed by atoms with Crippen LogP contribution in [0.25, 0.3) is 0 Å². The van der Waals surface area contributed by atoms with Crippen LogP contribution >= 0.6 is 22.9 Å². The summed E-state index contributed by atoms with van der Waals surface area (Å²) in [7, 11) is 0. The van der Waals surface area contributed by atoms with Gasteiger partial charge >= 0.3 is 0 Å². The molecule has 0 spiro atoms. The zero-order valence-corrected chi connectivity index (χ0v) is 11.4. The fraction of sp³-hybridized carbons (Fsp3) is 0.250. The molecule has 1 aromatic heterocycles. The molecule has 0 aliphatic rings. The first-order chi connectivity index (χ1) is 8.67. The van der Waals surface area contributed by atoms with Crippen LogP contribution in [0.5, 0.6) is 0 Å². The van der Waals surface area contributed by atoms with Crippen LogP contribution in [0.3, 0.4) is 0 Å². The predicted octanol–water partition coefficient (Wildman–Crippen LogP) is 3.13. The van der Waals surface area contributed by atoms with Gasteiger partial charge in [0.25, 0.3) is 0 Å². The molecular weight excluding hydrogens is 270 g/mol. The molecule has 0 aliphatic carbocycles. The molecule has 18 heavy (non-hydrogen) atoms. The lowest BCUT2D eigenvalue weighted by atomic mass is 10.2. The second kappa shape index (κ2) is 5.93. The first kappa shape index (κ1) is 13.0. The van der Waals surface area contributed by atoms with Gasteiger partial charge in [0.1, 0.15) is 5.01 Å². The number of rotatable bonds is 4. The van der Waals surface area contributed by atoms with Gasteiger partial charge in [-0.1, -0.05) is 42.0 Å². The lowest BCUT2D eigenvalue weighted by molar-refractivity contribution is -0.115. The quantitative estimate of drug-likeness (QED) is 0.937. The van der Waals surface area contributed by atoms with Crippen molar-refractivity contribution in [2.75, 3.05) is 5.32 Å². The number of carbonyl (C=O) groups excluding carboxylic acids is 1. The lowest BCUT2D eigenvalue weighted by Crippen LogP contribution is -2.08. The van der Waals surface area contributed by atoms with Crippen LogP contribution in [0, 0.1) is 0 Å². The minimum absolute atomic E-state index is 0.0517. The number of aromatic nitrogens is 2. The Labute approximate surface area is 114 Å². The molecule has 94 valence electrons. The highest BCUT2D eigenvalue weighted by atomic mass is 35.5. The fourth-order valence-electron chi connectivity index (χ4n) is 1.36. The number of nitrogens with one attached hydrogen (secondary N) is 1. The third kappa shape index (κ3) is 3.51. The first-order valence-electron chi connectivity index (χ1n) is 5.54. The summed E-state index contributed by atoms with van der Waals surface area (Å²) in [6.45, 7) is 1.80. The van der Waals surface area contributed by atoms with Gasteiger partial charge in [0.2, 0.25) is 11.0 Å². The van der Waals surface area contributed by atoms with E-state index in [1.54, 1.807) is 6.92 Å². The molecule has 0 unspecified atom stereocenters. The van der Waals surface area contributed by atoms with Gasteiger partial charge in [-0.15, -0.1) is 10.2 Å². The van der Waals surface area contributed by atoms with E-state index in [2.05, 4.69) is 15.5 Å². The maximum absolute atomic E-state index is 11.2. The molecule has 1 N–H and O–H groups in total. The Balaban J connectivity index is 2.02. The summed E-state index contributed by atoms with van der Waals surface area (Å²) in [5.41, 5.74) is 1.11. The van der Waals surface area contributed by atoms with Crippen LogP contribution in [0.2, 0.25) is 5.02 Å².